The maximum absolute atomic E-state index is 12.9. The Kier molecular flexibility index (Phi) is 3.31. The molecule has 2 aromatic rings. The molecule has 1 saturated carbocycles. The molecule has 4 nitrogen and oxygen atoms in total. The molecular weight excluding hydrogens is 298 g/mol. The number of halogens is 1. The van der Waals surface area contributed by atoms with Gasteiger partial charge in [0.1, 0.15) is 0 Å². The maximum atomic E-state index is 12.9. The van der Waals surface area contributed by atoms with Crippen molar-refractivity contribution in [1.29, 1.82) is 0 Å². The van der Waals surface area contributed by atoms with Crippen LogP contribution in [0.5, 0.6) is 0 Å². The molecule has 5 heteroatoms. The normalized spacial score (nSPS) is 21.5. The molecule has 1 aliphatic heterocycles. The van der Waals surface area contributed by atoms with E-state index < -0.39 is 0 Å². The summed E-state index contributed by atoms with van der Waals surface area (Å²) < 4.78 is 0. The topological polar surface area (TPSA) is 59.2 Å². The monoisotopic (exact) mass is 315 g/mol. The largest absolute Gasteiger partial charge is 0.337 e. The number of pyridine rings is 1. The minimum Gasteiger partial charge on any atom is -0.337 e. The molecular formula is C17H18ClN3O. The van der Waals surface area contributed by atoms with E-state index in [0.717, 1.165) is 42.4 Å². The number of rotatable bonds is 2. The van der Waals surface area contributed by atoms with Crippen molar-refractivity contribution >= 4 is 28.4 Å². The van der Waals surface area contributed by atoms with Crippen molar-refractivity contribution in [3.8, 4) is 0 Å². The van der Waals surface area contributed by atoms with Crippen LogP contribution >= 0.6 is 11.6 Å². The van der Waals surface area contributed by atoms with Gasteiger partial charge in [-0.2, -0.15) is 0 Å². The van der Waals surface area contributed by atoms with Crippen LogP contribution in [0.3, 0.4) is 0 Å². The summed E-state index contributed by atoms with van der Waals surface area (Å²) in [6, 6.07) is 7.61. The molecule has 2 heterocycles. The van der Waals surface area contributed by atoms with Crippen LogP contribution in [0.1, 0.15) is 41.2 Å². The van der Waals surface area contributed by atoms with Crippen LogP contribution in [0.15, 0.2) is 24.3 Å². The highest BCUT2D eigenvalue weighted by molar-refractivity contribution is 6.31. The van der Waals surface area contributed by atoms with E-state index in [2.05, 4.69) is 0 Å². The lowest BCUT2D eigenvalue weighted by atomic mass is 10.0. The molecule has 0 spiro atoms. The van der Waals surface area contributed by atoms with Crippen LogP contribution in [-0.4, -0.2) is 34.9 Å². The van der Waals surface area contributed by atoms with Gasteiger partial charge in [0.2, 0.25) is 0 Å². The number of amides is 1. The van der Waals surface area contributed by atoms with E-state index in [4.69, 9.17) is 22.3 Å². The minimum absolute atomic E-state index is 0.0458. The summed E-state index contributed by atoms with van der Waals surface area (Å²) in [4.78, 5) is 19.5. The second kappa shape index (κ2) is 5.21. The average Bonchev–Trinajstić information content (AvgIpc) is 3.27. The molecule has 114 valence electrons. The van der Waals surface area contributed by atoms with Crippen molar-refractivity contribution < 1.29 is 4.79 Å². The molecule has 2 aliphatic rings. The number of hydrogen-bond acceptors (Lipinski definition) is 3. The van der Waals surface area contributed by atoms with Crippen LogP contribution < -0.4 is 5.73 Å². The number of fused-ring (bicyclic) bond motifs is 1. The Hall–Kier alpha value is -1.65. The predicted molar refractivity (Wildman–Crippen MR) is 87.2 cm³/mol. The van der Waals surface area contributed by atoms with Crippen LogP contribution in [0.25, 0.3) is 10.9 Å². The van der Waals surface area contributed by atoms with Crippen molar-refractivity contribution in [2.45, 2.75) is 31.2 Å². The summed E-state index contributed by atoms with van der Waals surface area (Å²) in [6.07, 6.45) is 3.19. The van der Waals surface area contributed by atoms with Gasteiger partial charge in [0, 0.05) is 41.2 Å². The molecule has 1 saturated heterocycles. The van der Waals surface area contributed by atoms with E-state index >= 15 is 0 Å². The first kappa shape index (κ1) is 14.0. The van der Waals surface area contributed by atoms with Gasteiger partial charge >= 0.3 is 0 Å². The van der Waals surface area contributed by atoms with Crippen molar-refractivity contribution in [1.82, 2.24) is 9.88 Å². The third-order valence-electron chi connectivity index (χ3n) is 4.53. The third-order valence-corrected chi connectivity index (χ3v) is 4.76. The van der Waals surface area contributed by atoms with Crippen LogP contribution in [0.2, 0.25) is 5.02 Å². The molecule has 1 aliphatic carbocycles. The number of carbonyl (C=O) groups excluding carboxylic acids is 1. The molecule has 0 radical (unpaired) electrons. The van der Waals surface area contributed by atoms with E-state index in [-0.39, 0.29) is 11.9 Å². The first-order chi connectivity index (χ1) is 10.6. The van der Waals surface area contributed by atoms with Crippen molar-refractivity contribution in [2.75, 3.05) is 13.1 Å². The van der Waals surface area contributed by atoms with Gasteiger partial charge in [0.25, 0.3) is 5.91 Å². The average molecular weight is 316 g/mol. The fourth-order valence-corrected chi connectivity index (χ4v) is 3.30. The molecule has 1 aromatic heterocycles. The second-order valence-corrected chi connectivity index (χ2v) is 6.77. The molecule has 1 aromatic carbocycles. The Bertz CT molecular complexity index is 757. The Morgan fingerprint density at radius 3 is 2.77 bits per heavy atom. The zero-order chi connectivity index (χ0) is 15.3. The van der Waals surface area contributed by atoms with Gasteiger partial charge in [-0.1, -0.05) is 11.6 Å². The smallest absolute Gasteiger partial charge is 0.254 e. The summed E-state index contributed by atoms with van der Waals surface area (Å²) in [5.74, 6) is 0.553. The standard InChI is InChI=1S/C17H18ClN3O/c18-11-3-4-15-13(7-11)14(8-16(20-15)10-1-2-10)17(22)21-6-5-12(19)9-21/h3-4,7-8,10,12H,1-2,5-6,9,19H2/t12-/m1/s1. The first-order valence-electron chi connectivity index (χ1n) is 7.77. The van der Waals surface area contributed by atoms with E-state index in [9.17, 15) is 4.79 Å². The predicted octanol–water partition coefficient (Wildman–Crippen LogP) is 2.94. The number of nitrogens with zero attached hydrogens (tertiary/aromatic N) is 2. The summed E-state index contributed by atoms with van der Waals surface area (Å²) in [7, 11) is 0. The van der Waals surface area contributed by atoms with Crippen LogP contribution in [0, 0.1) is 0 Å². The van der Waals surface area contributed by atoms with Gasteiger partial charge < -0.3 is 10.6 Å². The van der Waals surface area contributed by atoms with Crippen molar-refractivity contribution in [3.05, 3.63) is 40.5 Å². The zero-order valence-corrected chi connectivity index (χ0v) is 13.0. The Morgan fingerprint density at radius 2 is 2.09 bits per heavy atom. The molecule has 0 bridgehead atoms. The number of benzene rings is 1. The molecule has 4 rings (SSSR count). The van der Waals surface area contributed by atoms with Gasteiger partial charge in [-0.3, -0.25) is 9.78 Å². The zero-order valence-electron chi connectivity index (χ0n) is 12.3. The Balaban J connectivity index is 1.83. The second-order valence-electron chi connectivity index (χ2n) is 6.33. The highest BCUT2D eigenvalue weighted by Crippen LogP contribution is 2.40. The Labute approximate surface area is 134 Å². The third kappa shape index (κ3) is 2.46. The molecule has 2 fully saturated rings. The maximum Gasteiger partial charge on any atom is 0.254 e. The quantitative estimate of drug-likeness (QED) is 0.927. The summed E-state index contributed by atoms with van der Waals surface area (Å²) in [5, 5.41) is 1.46. The van der Waals surface area contributed by atoms with Crippen LogP contribution in [0.4, 0.5) is 0 Å². The van der Waals surface area contributed by atoms with Gasteiger partial charge in [0.05, 0.1) is 11.1 Å². The SMILES string of the molecule is N[C@@H]1CCN(C(=O)c2cc(C3CC3)nc3ccc(Cl)cc23)C1. The lowest BCUT2D eigenvalue weighted by Crippen LogP contribution is -2.32. The number of carbonyl (C=O) groups is 1. The van der Waals surface area contributed by atoms with E-state index in [0.29, 0.717) is 23.0 Å². The lowest BCUT2D eigenvalue weighted by molar-refractivity contribution is 0.0792. The highest BCUT2D eigenvalue weighted by Gasteiger charge is 2.30. The highest BCUT2D eigenvalue weighted by atomic mass is 35.5. The van der Waals surface area contributed by atoms with E-state index in [1.807, 2.05) is 29.2 Å². The number of aromatic nitrogens is 1. The molecule has 0 unspecified atom stereocenters. The summed E-state index contributed by atoms with van der Waals surface area (Å²) >= 11 is 6.12. The van der Waals surface area contributed by atoms with Crippen molar-refractivity contribution in [2.24, 2.45) is 5.73 Å². The first-order valence-corrected chi connectivity index (χ1v) is 8.14. The van der Waals surface area contributed by atoms with Crippen LogP contribution in [-0.2, 0) is 0 Å². The molecule has 1 atom stereocenters. The number of hydrogen-bond donors (Lipinski definition) is 1. The van der Waals surface area contributed by atoms with Gasteiger partial charge in [-0.05, 0) is 43.5 Å². The summed E-state index contributed by atoms with van der Waals surface area (Å²) in [6.45, 7) is 1.35. The number of likely N-dealkylation sites (tertiary alicyclic amines) is 1. The molecule has 22 heavy (non-hydrogen) atoms. The fourth-order valence-electron chi connectivity index (χ4n) is 3.13. The minimum atomic E-state index is 0.0458. The number of nitrogens with two attached hydrogens (primary N) is 1. The van der Waals surface area contributed by atoms with Gasteiger partial charge in [-0.25, -0.2) is 0 Å². The lowest BCUT2D eigenvalue weighted by Gasteiger charge is -2.18. The van der Waals surface area contributed by atoms with E-state index in [1.165, 1.54) is 0 Å². The molecule has 2 N–H and O–H groups in total. The Morgan fingerprint density at radius 1 is 1.27 bits per heavy atom. The molecule has 1 amide bonds. The van der Waals surface area contributed by atoms with Crippen molar-refractivity contribution in [3.63, 3.8) is 0 Å². The van der Waals surface area contributed by atoms with Gasteiger partial charge in [-0.15, -0.1) is 0 Å². The van der Waals surface area contributed by atoms with Gasteiger partial charge in [0.15, 0.2) is 0 Å². The van der Waals surface area contributed by atoms with E-state index in [1.54, 1.807) is 0 Å². The fraction of sp³-hybridized carbons (Fsp3) is 0.412. The summed E-state index contributed by atoms with van der Waals surface area (Å²) in [5.41, 5.74) is 8.53.